The second-order valence-corrected chi connectivity index (χ2v) is 25.6. The molecule has 5 heterocycles. The Morgan fingerprint density at radius 1 is 0.680 bits per heavy atom. The number of esters is 1. The fourth-order valence-electron chi connectivity index (χ4n) is 14.0. The second kappa shape index (κ2) is 32.9. The quantitative estimate of drug-likeness (QED) is 0.0128. The van der Waals surface area contributed by atoms with Gasteiger partial charge in [0.15, 0.2) is 17.8 Å². The van der Waals surface area contributed by atoms with Crippen LogP contribution in [0.4, 0.5) is 11.4 Å². The summed E-state index contributed by atoms with van der Waals surface area (Å²) in [6.07, 6.45) is 3.40. The monoisotopic (exact) mass is 1330 g/mol. The third kappa shape index (κ3) is 16.9. The number of carbonyl (C=O) groups is 4. The lowest BCUT2D eigenvalue weighted by molar-refractivity contribution is -0.194. The molecule has 0 spiro atoms. The third-order valence-electron chi connectivity index (χ3n) is 18.6. The Kier molecular flexibility index (Phi) is 23.8. The van der Waals surface area contributed by atoms with Crippen LogP contribution in [0.25, 0.3) is 11.1 Å². The zero-order chi connectivity index (χ0) is 68.1. The number of ether oxygens (including phenoxy) is 10. The first-order valence-electron chi connectivity index (χ1n) is 33.9. The molecule has 21 nitrogen and oxygen atoms in total. The molecule has 23 heteroatoms. The van der Waals surface area contributed by atoms with Crippen LogP contribution in [0.3, 0.4) is 0 Å². The van der Waals surface area contributed by atoms with Gasteiger partial charge in [-0.05, 0) is 135 Å². The molecule has 5 aromatic carbocycles. The van der Waals surface area contributed by atoms with Gasteiger partial charge in [0.2, 0.25) is 5.91 Å². The maximum atomic E-state index is 14.5. The van der Waals surface area contributed by atoms with Crippen molar-refractivity contribution in [3.63, 3.8) is 0 Å². The number of amides is 3. The van der Waals surface area contributed by atoms with Crippen LogP contribution < -0.4 is 29.1 Å². The molecule has 512 valence electrons. The van der Waals surface area contributed by atoms with Gasteiger partial charge in [0.25, 0.3) is 11.8 Å². The summed E-state index contributed by atoms with van der Waals surface area (Å²) in [5.41, 5.74) is 11.2. The Bertz CT molecular complexity index is 3690. The number of fused-ring (bicyclic) bond motifs is 7. The van der Waals surface area contributed by atoms with Crippen molar-refractivity contribution in [3.8, 4) is 40.2 Å². The molecule has 0 saturated carbocycles. The van der Waals surface area contributed by atoms with E-state index in [0.29, 0.717) is 149 Å². The minimum Gasteiger partial charge on any atom is -0.493 e. The van der Waals surface area contributed by atoms with Crippen molar-refractivity contribution < 1.29 is 76.6 Å². The molecule has 5 atom stereocenters. The Morgan fingerprint density at radius 2 is 1.26 bits per heavy atom. The van der Waals surface area contributed by atoms with Gasteiger partial charge in [-0.1, -0.05) is 84.7 Å². The van der Waals surface area contributed by atoms with Crippen molar-refractivity contribution in [1.82, 2.24) is 15.1 Å². The number of hydrogen-bond acceptors (Lipinski definition) is 18. The number of benzene rings is 5. The largest absolute Gasteiger partial charge is 0.493 e. The van der Waals surface area contributed by atoms with Crippen LogP contribution in [-0.4, -0.2) is 181 Å². The van der Waals surface area contributed by atoms with E-state index in [-0.39, 0.29) is 80.9 Å². The lowest BCUT2D eigenvalue weighted by Crippen LogP contribution is -2.56. The van der Waals surface area contributed by atoms with Gasteiger partial charge in [-0.25, -0.2) is 0 Å². The highest BCUT2D eigenvalue weighted by Crippen LogP contribution is 2.46. The van der Waals surface area contributed by atoms with Gasteiger partial charge in [-0.2, -0.15) is 0 Å². The summed E-state index contributed by atoms with van der Waals surface area (Å²) in [7, 11) is -0.482. The molecule has 3 amide bonds. The van der Waals surface area contributed by atoms with Crippen molar-refractivity contribution in [2.24, 2.45) is 0 Å². The van der Waals surface area contributed by atoms with Gasteiger partial charge < -0.3 is 82.2 Å². The molecular formula is C74H89B2N5O16. The number of nitrogens with zero attached hydrogens (tertiary/aromatic N) is 4. The number of carbonyl (C=O) groups excluding carboxylic acids is 4. The molecule has 97 heavy (non-hydrogen) atoms. The normalized spacial score (nSPS) is 19.4. The number of nitrogens with one attached hydrogen (secondary N) is 1. The van der Waals surface area contributed by atoms with Crippen LogP contribution in [-0.2, 0) is 56.0 Å². The summed E-state index contributed by atoms with van der Waals surface area (Å²) in [6, 6.07) is 28.4. The minimum absolute atomic E-state index is 0.0333. The van der Waals surface area contributed by atoms with E-state index in [1.165, 1.54) is 29.4 Å². The van der Waals surface area contributed by atoms with E-state index in [1.54, 1.807) is 47.6 Å². The number of hydrogen-bond donors (Lipinski definition) is 3. The Balaban J connectivity index is 0.668. The first-order valence-corrected chi connectivity index (χ1v) is 33.9. The van der Waals surface area contributed by atoms with Gasteiger partial charge >= 0.3 is 20.1 Å². The zero-order valence-electron chi connectivity index (χ0n) is 56.4. The maximum Gasteiger partial charge on any atom is 0.411 e. The van der Waals surface area contributed by atoms with Gasteiger partial charge in [0.05, 0.1) is 83.1 Å². The molecule has 3 N–H and O–H groups in total. The highest BCUT2D eigenvalue weighted by Gasteiger charge is 2.48. The topological polar surface area (TPSA) is 226 Å². The SMILES string of the molecule is C=C1C[C@H]2[C@H](C)N(B(C)O)c3cc(OCc4cc(C#CCNC(=O)CCOCCOCCOCCOCCCC(=O)OCC5c6ccccc6-c6ccccc65)cc(COc5cc6c(cc5C)C(=O)N5CC(=C)C[C@H]5[C@H](OC5CCCCO5)N6B(C)O)c4)c(OC)cc3C(=O)N2C1. The fourth-order valence-corrected chi connectivity index (χ4v) is 14.0. The summed E-state index contributed by atoms with van der Waals surface area (Å²) < 4.78 is 60.1. The van der Waals surface area contributed by atoms with E-state index in [9.17, 15) is 29.2 Å². The zero-order valence-corrected chi connectivity index (χ0v) is 56.4. The van der Waals surface area contributed by atoms with Gasteiger partial charge in [0, 0.05) is 80.2 Å². The third-order valence-corrected chi connectivity index (χ3v) is 18.6. The van der Waals surface area contributed by atoms with Gasteiger partial charge in [-0.3, -0.25) is 19.2 Å². The Hall–Kier alpha value is -8.17. The van der Waals surface area contributed by atoms with E-state index in [2.05, 4.69) is 54.6 Å². The van der Waals surface area contributed by atoms with E-state index >= 15 is 0 Å². The Morgan fingerprint density at radius 3 is 1.89 bits per heavy atom. The van der Waals surface area contributed by atoms with Crippen molar-refractivity contribution >= 4 is 49.2 Å². The summed E-state index contributed by atoms with van der Waals surface area (Å²) in [5.74, 6) is 6.67. The van der Waals surface area contributed by atoms with Crippen LogP contribution in [0.15, 0.2) is 115 Å². The predicted octanol–water partition coefficient (Wildman–Crippen LogP) is 8.88. The number of methoxy groups -OCH3 is 1. The molecular weight excluding hydrogens is 1240 g/mol. The van der Waals surface area contributed by atoms with E-state index in [1.807, 2.05) is 66.0 Å². The average molecular weight is 1330 g/mol. The van der Waals surface area contributed by atoms with Gasteiger partial charge in [-0.15, -0.1) is 0 Å². The lowest BCUT2D eigenvalue weighted by Gasteiger charge is -2.40. The molecule has 0 radical (unpaired) electrons. The van der Waals surface area contributed by atoms with Crippen molar-refractivity contribution in [2.45, 2.75) is 129 Å². The van der Waals surface area contributed by atoms with E-state index < -0.39 is 32.7 Å². The first-order chi connectivity index (χ1) is 47.0. The summed E-state index contributed by atoms with van der Waals surface area (Å²) in [5, 5.41) is 25.7. The molecule has 11 rings (SSSR count). The summed E-state index contributed by atoms with van der Waals surface area (Å²) in [4.78, 5) is 61.4. The first kappa shape index (κ1) is 70.2. The van der Waals surface area contributed by atoms with Crippen LogP contribution in [0, 0.1) is 18.8 Å². The highest BCUT2D eigenvalue weighted by molar-refractivity contribution is 6.54. The summed E-state index contributed by atoms with van der Waals surface area (Å²) in [6.45, 7) is 20.2. The van der Waals surface area contributed by atoms with Crippen LogP contribution in [0.1, 0.15) is 118 Å². The summed E-state index contributed by atoms with van der Waals surface area (Å²) >= 11 is 0. The Labute approximate surface area is 569 Å². The van der Waals surface area contributed by atoms with Gasteiger partial charge in [0.1, 0.15) is 31.8 Å². The van der Waals surface area contributed by atoms with Crippen molar-refractivity contribution in [1.29, 1.82) is 0 Å². The number of aryl methyl sites for hydroxylation is 1. The average Bonchev–Trinajstić information content (AvgIpc) is 1.64. The molecule has 1 unspecified atom stereocenters. The smallest absolute Gasteiger partial charge is 0.411 e. The van der Waals surface area contributed by atoms with E-state index in [0.717, 1.165) is 35.1 Å². The lowest BCUT2D eigenvalue weighted by atomic mass is 9.80. The maximum absolute atomic E-state index is 14.5. The predicted molar refractivity (Wildman–Crippen MR) is 369 cm³/mol. The van der Waals surface area contributed by atoms with Crippen LogP contribution in [0.5, 0.6) is 17.2 Å². The highest BCUT2D eigenvalue weighted by atomic mass is 16.7. The standard InChI is InChI=1S/C74H89B2N5O16/c1-48-34-62-51(4)80(75(5)86)63-42-68(67(88-7)40-60(63)73(85)78(62)43-48)95-46-54-38-52(37-53(39-54)45-94-66-41-64-59(36-50(66)3)72(84)79-44-49(2)35-65(79)74(81(64)76(6)87)97-71-22-12-13-26-93-71)16-14-24-77-69(82)23-27-90-29-31-92-33-32-91-30-28-89-25-15-21-70(83)96-47-61-57-19-10-8-17-55(57)56-18-9-11-20-58(56)61/h8-11,17-20,36-42,51,61-62,65,71,74,86-87H,1-2,12-13,15,21-35,43-47H2,3-7H3,(H,77,82)/t51-,62-,65-,71?,74-/m0/s1. The van der Waals surface area contributed by atoms with E-state index in [4.69, 9.17) is 47.4 Å². The van der Waals surface area contributed by atoms with Crippen LogP contribution >= 0.6 is 0 Å². The van der Waals surface area contributed by atoms with Crippen molar-refractivity contribution in [2.75, 3.05) is 102 Å². The van der Waals surface area contributed by atoms with Crippen molar-refractivity contribution in [3.05, 3.63) is 160 Å². The molecule has 5 aromatic rings. The fraction of sp³-hybridized carbons (Fsp3) is 0.459. The number of rotatable bonds is 30. The molecule has 3 saturated heterocycles. The molecule has 3 fully saturated rings. The minimum atomic E-state index is -1.06. The molecule has 0 aromatic heterocycles. The second-order valence-electron chi connectivity index (χ2n) is 25.6. The number of anilines is 2. The molecule has 6 aliphatic rings. The molecule has 5 aliphatic heterocycles. The van der Waals surface area contributed by atoms with Crippen LogP contribution in [0.2, 0.25) is 13.6 Å². The molecule has 0 bridgehead atoms. The molecule has 1 aliphatic carbocycles.